The van der Waals surface area contributed by atoms with Crippen molar-refractivity contribution >= 4 is 52.4 Å². The Balaban J connectivity index is 1.50. The number of nitro benzene ring substituents is 1. The fraction of sp³-hybridized carbons (Fsp3) is 0.273. The van der Waals surface area contributed by atoms with Crippen LogP contribution in [0.2, 0.25) is 0 Å². The number of carbonyl (C=O) groups is 3. The summed E-state index contributed by atoms with van der Waals surface area (Å²) in [5.41, 5.74) is 1.80. The fourth-order valence-electron chi connectivity index (χ4n) is 5.33. The minimum absolute atomic E-state index is 0.0389. The lowest BCUT2D eigenvalue weighted by Gasteiger charge is -2.57. The number of non-ortho nitro benzene ring substituents is 1. The minimum atomic E-state index is -1.16. The summed E-state index contributed by atoms with van der Waals surface area (Å²) in [7, 11) is 0. The average molecular weight is 630 g/mol. The number of nitro groups is 1. The lowest BCUT2D eigenvalue weighted by atomic mass is 9.77. The van der Waals surface area contributed by atoms with E-state index in [9.17, 15) is 24.5 Å². The van der Waals surface area contributed by atoms with Gasteiger partial charge in [-0.2, -0.15) is 0 Å². The number of hydrogen-bond acceptors (Lipinski definition) is 9. The second-order valence-corrected chi connectivity index (χ2v) is 13.0. The molecule has 0 bridgehead atoms. The van der Waals surface area contributed by atoms with Crippen molar-refractivity contribution in [3.63, 3.8) is 0 Å². The molecule has 1 amide bonds. The van der Waals surface area contributed by atoms with Crippen molar-refractivity contribution in [2.24, 2.45) is 10.9 Å². The normalized spacial score (nSPS) is 19.7. The van der Waals surface area contributed by atoms with Crippen molar-refractivity contribution in [1.29, 1.82) is 0 Å². The highest BCUT2D eigenvalue weighted by atomic mass is 32.2. The number of nitrogens with zero attached hydrogens (tertiary/aromatic N) is 3. The van der Waals surface area contributed by atoms with Gasteiger partial charge < -0.3 is 4.74 Å². The van der Waals surface area contributed by atoms with Crippen LogP contribution in [0, 0.1) is 16.0 Å². The van der Waals surface area contributed by atoms with Crippen molar-refractivity contribution < 1.29 is 24.0 Å². The Hall–Kier alpha value is -4.22. The molecule has 2 aliphatic heterocycles. The van der Waals surface area contributed by atoms with Gasteiger partial charge in [-0.15, -0.1) is 11.8 Å². The highest BCUT2D eigenvalue weighted by Crippen LogP contribution is 2.52. The van der Waals surface area contributed by atoms with Gasteiger partial charge in [-0.3, -0.25) is 29.6 Å². The smallest absolute Gasteiger partial charge is 0.356 e. The van der Waals surface area contributed by atoms with Gasteiger partial charge in [0.1, 0.15) is 11.1 Å². The van der Waals surface area contributed by atoms with Crippen LogP contribution >= 0.6 is 23.5 Å². The van der Waals surface area contributed by atoms with Crippen LogP contribution in [-0.2, 0) is 19.1 Å². The summed E-state index contributed by atoms with van der Waals surface area (Å²) in [5.74, 6) is -0.522. The van der Waals surface area contributed by atoms with Gasteiger partial charge in [0, 0.05) is 36.8 Å². The number of thioether (sulfide) groups is 2. The zero-order valence-corrected chi connectivity index (χ0v) is 26.0. The first-order valence-electron chi connectivity index (χ1n) is 14.0. The maximum absolute atomic E-state index is 14.1. The van der Waals surface area contributed by atoms with E-state index >= 15 is 0 Å². The summed E-state index contributed by atoms with van der Waals surface area (Å²) in [6, 6.07) is 24.8. The number of benzene rings is 3. The number of hydrogen-bond donors (Lipinski definition) is 0. The molecule has 226 valence electrons. The second kappa shape index (κ2) is 13.2. The number of β-lactam (4-membered cyclic amide) rings is 1. The Kier molecular flexibility index (Phi) is 9.36. The Bertz CT molecular complexity index is 1590. The van der Waals surface area contributed by atoms with Crippen LogP contribution in [-0.4, -0.2) is 55.4 Å². The topological polar surface area (TPSA) is 119 Å². The molecule has 0 aliphatic carbocycles. The summed E-state index contributed by atoms with van der Waals surface area (Å²) in [6.07, 6.45) is 0.849. The maximum Gasteiger partial charge on any atom is 0.356 e. The van der Waals surface area contributed by atoms with Crippen LogP contribution in [0.4, 0.5) is 5.69 Å². The van der Waals surface area contributed by atoms with E-state index in [1.54, 1.807) is 18.3 Å². The highest BCUT2D eigenvalue weighted by molar-refractivity contribution is 8.13. The van der Waals surface area contributed by atoms with Crippen LogP contribution in [0.5, 0.6) is 0 Å². The molecule has 0 unspecified atom stereocenters. The maximum atomic E-state index is 14.1. The first-order chi connectivity index (χ1) is 21.1. The third kappa shape index (κ3) is 6.07. The summed E-state index contributed by atoms with van der Waals surface area (Å²) in [4.78, 5) is 57.0. The average Bonchev–Trinajstić information content (AvgIpc) is 3.03. The van der Waals surface area contributed by atoms with E-state index < -0.39 is 27.9 Å². The highest BCUT2D eigenvalue weighted by Gasteiger charge is 2.66. The quantitative estimate of drug-likeness (QED) is 0.0856. The Morgan fingerprint density at radius 3 is 2.18 bits per heavy atom. The zero-order chi connectivity index (χ0) is 31.4. The molecule has 44 heavy (non-hydrogen) atoms. The van der Waals surface area contributed by atoms with Crippen molar-refractivity contribution in [3.8, 4) is 0 Å². The van der Waals surface area contributed by atoms with E-state index in [-0.39, 0.29) is 34.1 Å². The molecule has 2 aliphatic rings. The van der Waals surface area contributed by atoms with Gasteiger partial charge in [0.2, 0.25) is 0 Å². The SMILES string of the molecule is CC(=O)SCC1=C(C(=O)OC(c2ccccc2)c2ccccc2)N2C(=O)[C@@](N=Cc3ccc([N+](=O)[O-])cc3)(C(C)C)[C@H]2SC1. The van der Waals surface area contributed by atoms with Gasteiger partial charge in [-0.1, -0.05) is 86.3 Å². The summed E-state index contributed by atoms with van der Waals surface area (Å²) in [6.45, 7) is 5.29. The molecule has 2 atom stereocenters. The third-order valence-electron chi connectivity index (χ3n) is 7.65. The Morgan fingerprint density at radius 1 is 1.07 bits per heavy atom. The van der Waals surface area contributed by atoms with E-state index in [0.717, 1.165) is 22.9 Å². The zero-order valence-electron chi connectivity index (χ0n) is 24.4. The summed E-state index contributed by atoms with van der Waals surface area (Å²) < 4.78 is 6.20. The first kappa shape index (κ1) is 31.2. The summed E-state index contributed by atoms with van der Waals surface area (Å²) in [5, 5.41) is 10.5. The van der Waals surface area contributed by atoms with E-state index in [0.29, 0.717) is 16.9 Å². The van der Waals surface area contributed by atoms with E-state index in [4.69, 9.17) is 9.73 Å². The van der Waals surface area contributed by atoms with Crippen molar-refractivity contribution in [2.45, 2.75) is 37.8 Å². The van der Waals surface area contributed by atoms with Gasteiger partial charge in [-0.25, -0.2) is 4.79 Å². The number of aliphatic imine (C=N–C) groups is 1. The molecular formula is C33H31N3O6S2. The number of esters is 1. The minimum Gasteiger partial charge on any atom is -0.448 e. The largest absolute Gasteiger partial charge is 0.448 e. The molecule has 0 saturated carbocycles. The second-order valence-electron chi connectivity index (χ2n) is 10.8. The van der Waals surface area contributed by atoms with Crippen molar-refractivity contribution in [3.05, 3.63) is 123 Å². The molecule has 2 heterocycles. The van der Waals surface area contributed by atoms with Crippen LogP contribution in [0.15, 0.2) is 101 Å². The molecule has 3 aromatic rings. The van der Waals surface area contributed by atoms with Crippen LogP contribution < -0.4 is 0 Å². The molecule has 0 aromatic heterocycles. The fourth-order valence-corrected chi connectivity index (χ4v) is 7.71. The lowest BCUT2D eigenvalue weighted by molar-refractivity contribution is -0.384. The van der Waals surface area contributed by atoms with Gasteiger partial charge in [-0.05, 0) is 40.3 Å². The molecule has 11 heteroatoms. The lowest BCUT2D eigenvalue weighted by Crippen LogP contribution is -2.74. The number of carbonyl (C=O) groups excluding carboxylic acids is 3. The molecule has 1 saturated heterocycles. The van der Waals surface area contributed by atoms with Gasteiger partial charge in [0.05, 0.1) is 4.92 Å². The molecule has 0 N–H and O–H groups in total. The number of rotatable bonds is 10. The Morgan fingerprint density at radius 2 is 1.66 bits per heavy atom. The molecule has 9 nitrogen and oxygen atoms in total. The van der Waals surface area contributed by atoms with Crippen molar-refractivity contribution in [1.82, 2.24) is 4.90 Å². The predicted molar refractivity (Wildman–Crippen MR) is 172 cm³/mol. The van der Waals surface area contributed by atoms with E-state index in [1.165, 1.54) is 35.7 Å². The van der Waals surface area contributed by atoms with Crippen LogP contribution in [0.25, 0.3) is 0 Å². The number of amides is 1. The van der Waals surface area contributed by atoms with Crippen LogP contribution in [0.1, 0.15) is 43.6 Å². The standard InChI is InChI=1S/C33H31N3O6S2/c1-21(2)33(34-18-23-14-16-27(17-15-23)36(40)41)31(39)35-28(26(19-43-22(3)37)20-44-32(33)35)30(38)42-29(24-10-6-4-7-11-24)25-12-8-5-9-13-25/h4-18,21,29,32H,19-20H2,1-3H3/t32-,33+/m1/s1. The number of ether oxygens (including phenoxy) is 1. The van der Waals surface area contributed by atoms with Gasteiger partial charge in [0.15, 0.2) is 16.8 Å². The van der Waals surface area contributed by atoms with E-state index in [1.807, 2.05) is 74.5 Å². The molecule has 0 radical (unpaired) electrons. The molecular weight excluding hydrogens is 599 g/mol. The monoisotopic (exact) mass is 629 g/mol. The van der Waals surface area contributed by atoms with E-state index in [2.05, 4.69) is 0 Å². The predicted octanol–water partition coefficient (Wildman–Crippen LogP) is 6.19. The first-order valence-corrected chi connectivity index (χ1v) is 16.1. The summed E-state index contributed by atoms with van der Waals surface area (Å²) >= 11 is 2.58. The Labute approximate surface area is 263 Å². The van der Waals surface area contributed by atoms with Crippen molar-refractivity contribution in [2.75, 3.05) is 11.5 Å². The number of fused-ring (bicyclic) bond motifs is 1. The molecule has 5 rings (SSSR count). The van der Waals surface area contributed by atoms with Gasteiger partial charge in [0.25, 0.3) is 11.6 Å². The van der Waals surface area contributed by atoms with Crippen LogP contribution in [0.3, 0.4) is 0 Å². The molecule has 1 fully saturated rings. The third-order valence-corrected chi connectivity index (χ3v) is 9.95. The molecule has 3 aromatic carbocycles. The van der Waals surface area contributed by atoms with Gasteiger partial charge >= 0.3 is 5.97 Å². The molecule has 0 spiro atoms.